The number of hydrogen-bond acceptors (Lipinski definition) is 5. The number of nitriles is 1. The molecule has 0 unspecified atom stereocenters. The standard InChI is InChI=1S/C24H28F3N5O2/c1-3-32-21(7-9-29-32)22(33)30-10-8-23(16-34-4-2)15-31(14-18(23)13-30)19-6-5-17(12-28)20(11-19)24(25,26)27/h5-7,9,11,18H,3-4,8,10,13-16H2,1-2H3/t18-,23+/m1/s1. The number of aryl methyl sites for hydroxylation is 1. The lowest BCUT2D eigenvalue weighted by Crippen LogP contribution is -2.51. The summed E-state index contributed by atoms with van der Waals surface area (Å²) in [5.41, 5.74) is -0.605. The average Bonchev–Trinajstić information content (AvgIpc) is 3.45. The highest BCUT2D eigenvalue weighted by Crippen LogP contribution is 2.45. The highest BCUT2D eigenvalue weighted by molar-refractivity contribution is 5.92. The molecule has 2 aromatic rings. The summed E-state index contributed by atoms with van der Waals surface area (Å²) < 4.78 is 48.1. The molecule has 0 radical (unpaired) electrons. The number of ether oxygens (including phenoxy) is 1. The van der Waals surface area contributed by atoms with Crippen LogP contribution in [0.1, 0.15) is 41.9 Å². The second kappa shape index (κ2) is 9.29. The number of rotatable bonds is 6. The molecule has 2 atom stereocenters. The number of benzene rings is 1. The van der Waals surface area contributed by atoms with Crippen LogP contribution in [0.4, 0.5) is 18.9 Å². The molecule has 0 aliphatic carbocycles. The number of carbonyl (C=O) groups is 1. The van der Waals surface area contributed by atoms with Crippen LogP contribution in [0, 0.1) is 22.7 Å². The van der Waals surface area contributed by atoms with E-state index in [4.69, 9.17) is 10.00 Å². The molecule has 34 heavy (non-hydrogen) atoms. The number of amides is 1. The van der Waals surface area contributed by atoms with E-state index in [2.05, 4.69) is 5.10 Å². The number of hydrogen-bond donors (Lipinski definition) is 0. The summed E-state index contributed by atoms with van der Waals surface area (Å²) in [4.78, 5) is 16.9. The van der Waals surface area contributed by atoms with Crippen LogP contribution in [0.2, 0.25) is 0 Å². The highest BCUT2D eigenvalue weighted by atomic mass is 19.4. The van der Waals surface area contributed by atoms with E-state index in [9.17, 15) is 18.0 Å². The Labute approximate surface area is 196 Å². The van der Waals surface area contributed by atoms with Gasteiger partial charge in [-0.05, 0) is 44.5 Å². The summed E-state index contributed by atoms with van der Waals surface area (Å²) in [5, 5.41) is 13.3. The van der Waals surface area contributed by atoms with Gasteiger partial charge in [0.15, 0.2) is 0 Å². The van der Waals surface area contributed by atoms with Crippen molar-refractivity contribution in [3.8, 4) is 6.07 Å². The fourth-order valence-electron chi connectivity index (χ4n) is 5.19. The van der Waals surface area contributed by atoms with Gasteiger partial charge in [-0.1, -0.05) is 0 Å². The lowest BCUT2D eigenvalue weighted by atomic mass is 9.73. The molecule has 10 heteroatoms. The summed E-state index contributed by atoms with van der Waals surface area (Å²) in [6.45, 7) is 7.56. The van der Waals surface area contributed by atoms with Gasteiger partial charge in [0, 0.05) is 62.5 Å². The normalized spacial score (nSPS) is 22.5. The van der Waals surface area contributed by atoms with Crippen molar-refractivity contribution >= 4 is 11.6 Å². The predicted octanol–water partition coefficient (Wildman–Crippen LogP) is 3.80. The van der Waals surface area contributed by atoms with E-state index in [1.165, 1.54) is 6.07 Å². The molecule has 2 saturated heterocycles. The summed E-state index contributed by atoms with van der Waals surface area (Å²) in [6, 6.07) is 7.22. The molecule has 0 spiro atoms. The van der Waals surface area contributed by atoms with E-state index in [0.29, 0.717) is 63.7 Å². The van der Waals surface area contributed by atoms with Crippen LogP contribution >= 0.6 is 0 Å². The molecule has 182 valence electrons. The van der Waals surface area contributed by atoms with Crippen LogP contribution in [0.25, 0.3) is 0 Å². The molecule has 1 aromatic carbocycles. The SMILES string of the molecule is CCOC[C@@]12CCN(C(=O)c3ccnn3CC)C[C@@H]1CN(c1ccc(C#N)c(C(F)(F)F)c1)C2. The van der Waals surface area contributed by atoms with E-state index in [0.717, 1.165) is 6.07 Å². The molecule has 4 rings (SSSR count). The molecule has 7 nitrogen and oxygen atoms in total. The second-order valence-corrected chi connectivity index (χ2v) is 8.95. The smallest absolute Gasteiger partial charge is 0.381 e. The Bertz CT molecular complexity index is 1090. The number of piperidine rings is 1. The summed E-state index contributed by atoms with van der Waals surface area (Å²) in [6.07, 6.45) is -2.30. The van der Waals surface area contributed by atoms with Gasteiger partial charge in [0.1, 0.15) is 5.69 Å². The Morgan fingerprint density at radius 3 is 2.76 bits per heavy atom. The third-order valence-electron chi connectivity index (χ3n) is 7.04. The summed E-state index contributed by atoms with van der Waals surface area (Å²) in [5.74, 6) is -0.0414. The van der Waals surface area contributed by atoms with Crippen molar-refractivity contribution in [2.75, 3.05) is 44.3 Å². The minimum atomic E-state index is -4.61. The van der Waals surface area contributed by atoms with Gasteiger partial charge in [0.2, 0.25) is 0 Å². The molecule has 2 fully saturated rings. The minimum absolute atomic E-state index is 0.0414. The highest BCUT2D eigenvalue weighted by Gasteiger charge is 2.51. The van der Waals surface area contributed by atoms with Crippen LogP contribution in [-0.4, -0.2) is 60.0 Å². The van der Waals surface area contributed by atoms with Gasteiger partial charge >= 0.3 is 6.18 Å². The molecule has 0 saturated carbocycles. The fourth-order valence-corrected chi connectivity index (χ4v) is 5.19. The van der Waals surface area contributed by atoms with Crippen molar-refractivity contribution in [3.05, 3.63) is 47.3 Å². The maximum absolute atomic E-state index is 13.5. The van der Waals surface area contributed by atoms with Gasteiger partial charge in [-0.15, -0.1) is 0 Å². The van der Waals surface area contributed by atoms with Gasteiger partial charge in [0.25, 0.3) is 5.91 Å². The first kappa shape index (κ1) is 24.1. The molecule has 3 heterocycles. The van der Waals surface area contributed by atoms with Gasteiger partial charge in [-0.2, -0.15) is 23.5 Å². The minimum Gasteiger partial charge on any atom is -0.381 e. The van der Waals surface area contributed by atoms with E-state index in [1.807, 2.05) is 23.6 Å². The lowest BCUT2D eigenvalue weighted by molar-refractivity contribution is -0.137. The zero-order valence-electron chi connectivity index (χ0n) is 19.3. The van der Waals surface area contributed by atoms with E-state index < -0.39 is 11.7 Å². The number of carbonyl (C=O) groups excluding carboxylic acids is 1. The topological polar surface area (TPSA) is 74.4 Å². The zero-order valence-corrected chi connectivity index (χ0v) is 19.3. The van der Waals surface area contributed by atoms with Crippen LogP contribution < -0.4 is 4.90 Å². The average molecular weight is 476 g/mol. The van der Waals surface area contributed by atoms with Crippen LogP contribution in [-0.2, 0) is 17.5 Å². The Hall–Kier alpha value is -3.06. The van der Waals surface area contributed by atoms with E-state index in [-0.39, 0.29) is 22.8 Å². The number of aromatic nitrogens is 2. The van der Waals surface area contributed by atoms with Crippen molar-refractivity contribution in [2.45, 2.75) is 33.0 Å². The molecule has 2 aliphatic rings. The van der Waals surface area contributed by atoms with Crippen molar-refractivity contribution in [1.82, 2.24) is 14.7 Å². The number of alkyl halides is 3. The van der Waals surface area contributed by atoms with Crippen molar-refractivity contribution < 1.29 is 22.7 Å². The Kier molecular flexibility index (Phi) is 6.58. The third kappa shape index (κ3) is 4.37. The van der Waals surface area contributed by atoms with E-state index >= 15 is 0 Å². The first-order valence-electron chi connectivity index (χ1n) is 11.5. The first-order valence-corrected chi connectivity index (χ1v) is 11.5. The third-order valence-corrected chi connectivity index (χ3v) is 7.04. The van der Waals surface area contributed by atoms with Crippen LogP contribution in [0.15, 0.2) is 30.5 Å². The maximum atomic E-state index is 13.5. The monoisotopic (exact) mass is 475 g/mol. The first-order chi connectivity index (χ1) is 16.2. The number of nitrogens with zero attached hydrogens (tertiary/aromatic N) is 5. The fraction of sp³-hybridized carbons (Fsp3) is 0.542. The molecular weight excluding hydrogens is 447 g/mol. The Morgan fingerprint density at radius 1 is 1.29 bits per heavy atom. The number of halogens is 3. The largest absolute Gasteiger partial charge is 0.417 e. The second-order valence-electron chi connectivity index (χ2n) is 8.95. The molecule has 2 aliphatic heterocycles. The van der Waals surface area contributed by atoms with Gasteiger partial charge in [0.05, 0.1) is 23.8 Å². The zero-order chi connectivity index (χ0) is 24.5. The van der Waals surface area contributed by atoms with Gasteiger partial charge < -0.3 is 14.5 Å². The Morgan fingerprint density at radius 2 is 2.09 bits per heavy atom. The summed E-state index contributed by atoms with van der Waals surface area (Å²) in [7, 11) is 0. The number of fused-ring (bicyclic) bond motifs is 1. The molecule has 0 N–H and O–H groups in total. The quantitative estimate of drug-likeness (QED) is 0.636. The number of anilines is 1. The van der Waals surface area contributed by atoms with Crippen LogP contribution in [0.3, 0.4) is 0 Å². The molecule has 1 amide bonds. The van der Waals surface area contributed by atoms with Gasteiger partial charge in [-0.3, -0.25) is 9.48 Å². The molecular formula is C24H28F3N5O2. The lowest BCUT2D eigenvalue weighted by Gasteiger charge is -2.43. The molecule has 1 aromatic heterocycles. The number of likely N-dealkylation sites (tertiary alicyclic amines) is 1. The van der Waals surface area contributed by atoms with Crippen LogP contribution in [0.5, 0.6) is 0 Å². The van der Waals surface area contributed by atoms with Crippen molar-refractivity contribution in [2.24, 2.45) is 11.3 Å². The maximum Gasteiger partial charge on any atom is 0.417 e. The van der Waals surface area contributed by atoms with Crippen molar-refractivity contribution in [1.29, 1.82) is 5.26 Å². The Balaban J connectivity index is 1.60. The van der Waals surface area contributed by atoms with Gasteiger partial charge in [-0.25, -0.2) is 0 Å². The summed E-state index contributed by atoms with van der Waals surface area (Å²) >= 11 is 0. The molecule has 0 bridgehead atoms. The van der Waals surface area contributed by atoms with Crippen molar-refractivity contribution in [3.63, 3.8) is 0 Å². The van der Waals surface area contributed by atoms with E-state index in [1.54, 1.807) is 29.1 Å². The predicted molar refractivity (Wildman–Crippen MR) is 119 cm³/mol.